The van der Waals surface area contributed by atoms with Crippen LogP contribution in [0.5, 0.6) is 0 Å². The van der Waals surface area contributed by atoms with Gasteiger partial charge < -0.3 is 5.11 Å². The summed E-state index contributed by atoms with van der Waals surface area (Å²) in [7, 11) is 0. The van der Waals surface area contributed by atoms with E-state index in [-0.39, 0.29) is 0 Å². The van der Waals surface area contributed by atoms with E-state index < -0.39 is 5.97 Å². The van der Waals surface area contributed by atoms with Crippen LogP contribution in [0.15, 0.2) is 60.1 Å². The molecule has 0 unspecified atom stereocenters. The summed E-state index contributed by atoms with van der Waals surface area (Å²) in [6, 6.07) is 15.4. The SMILES string of the molecule is O=C(O)c1ccccc1-c1ccc(CN2CC[C@@H](Cc3nccs3)C2)cc1. The summed E-state index contributed by atoms with van der Waals surface area (Å²) in [6.45, 7) is 3.18. The summed E-state index contributed by atoms with van der Waals surface area (Å²) in [5.74, 6) is -0.198. The minimum atomic E-state index is -0.891. The van der Waals surface area contributed by atoms with Crippen molar-refractivity contribution in [1.82, 2.24) is 9.88 Å². The monoisotopic (exact) mass is 378 g/mol. The third kappa shape index (κ3) is 4.26. The number of aromatic carboxylic acids is 1. The van der Waals surface area contributed by atoms with Crippen LogP contribution in [0.3, 0.4) is 0 Å². The minimum absolute atomic E-state index is 0.342. The number of likely N-dealkylation sites (tertiary alicyclic amines) is 1. The number of rotatable bonds is 6. The Hall–Kier alpha value is -2.50. The van der Waals surface area contributed by atoms with Crippen molar-refractivity contribution in [3.63, 3.8) is 0 Å². The molecule has 4 nitrogen and oxygen atoms in total. The van der Waals surface area contributed by atoms with Crippen molar-refractivity contribution in [2.24, 2.45) is 5.92 Å². The van der Waals surface area contributed by atoms with Crippen LogP contribution in [0.1, 0.15) is 27.3 Å². The predicted octanol–water partition coefficient (Wildman–Crippen LogP) is 4.57. The van der Waals surface area contributed by atoms with E-state index in [9.17, 15) is 9.90 Å². The van der Waals surface area contributed by atoms with Gasteiger partial charge in [-0.15, -0.1) is 11.3 Å². The minimum Gasteiger partial charge on any atom is -0.478 e. The van der Waals surface area contributed by atoms with E-state index in [4.69, 9.17) is 0 Å². The first-order valence-electron chi connectivity index (χ1n) is 9.21. The van der Waals surface area contributed by atoms with Gasteiger partial charge in [-0.25, -0.2) is 9.78 Å². The molecule has 0 spiro atoms. The molecule has 27 heavy (non-hydrogen) atoms. The largest absolute Gasteiger partial charge is 0.478 e. The second-order valence-electron chi connectivity index (χ2n) is 7.07. The number of carbonyl (C=O) groups is 1. The second-order valence-corrected chi connectivity index (χ2v) is 8.05. The van der Waals surface area contributed by atoms with E-state index in [0.29, 0.717) is 11.5 Å². The van der Waals surface area contributed by atoms with Crippen LogP contribution >= 0.6 is 11.3 Å². The zero-order valence-corrected chi connectivity index (χ0v) is 15.9. The van der Waals surface area contributed by atoms with Gasteiger partial charge in [-0.05, 0) is 41.6 Å². The Morgan fingerprint density at radius 3 is 2.74 bits per heavy atom. The molecule has 2 heterocycles. The predicted molar refractivity (Wildman–Crippen MR) is 108 cm³/mol. The van der Waals surface area contributed by atoms with Gasteiger partial charge in [-0.1, -0.05) is 42.5 Å². The van der Waals surface area contributed by atoms with Crippen LogP contribution in [-0.4, -0.2) is 34.0 Å². The molecule has 0 bridgehead atoms. The number of nitrogens with zero attached hydrogens (tertiary/aromatic N) is 2. The molecule has 0 saturated carbocycles. The summed E-state index contributed by atoms with van der Waals surface area (Å²) < 4.78 is 0. The molecule has 3 aromatic rings. The molecule has 138 valence electrons. The third-order valence-corrected chi connectivity index (χ3v) is 5.95. The molecule has 1 saturated heterocycles. The third-order valence-electron chi connectivity index (χ3n) is 5.15. The number of aromatic nitrogens is 1. The summed E-state index contributed by atoms with van der Waals surface area (Å²) in [6.07, 6.45) is 4.19. The highest BCUT2D eigenvalue weighted by atomic mass is 32.1. The Kier molecular flexibility index (Phi) is 5.32. The Bertz CT molecular complexity index is 906. The standard InChI is InChI=1S/C22H22N2O2S/c25-22(26)20-4-2-1-3-19(20)18-7-5-16(6-8-18)14-24-11-9-17(15-24)13-21-23-10-12-27-21/h1-8,10,12,17H,9,11,13-15H2,(H,25,26)/t17-/m0/s1. The Morgan fingerprint density at radius 2 is 2.00 bits per heavy atom. The van der Waals surface area contributed by atoms with Crippen LogP contribution in [-0.2, 0) is 13.0 Å². The fourth-order valence-corrected chi connectivity index (χ4v) is 4.53. The number of carboxylic acids is 1. The maximum atomic E-state index is 11.4. The molecule has 0 aliphatic carbocycles. The molecular formula is C22H22N2O2S. The highest BCUT2D eigenvalue weighted by molar-refractivity contribution is 7.09. The maximum absolute atomic E-state index is 11.4. The Morgan fingerprint density at radius 1 is 1.19 bits per heavy atom. The van der Waals surface area contributed by atoms with Gasteiger partial charge in [0.05, 0.1) is 10.6 Å². The molecule has 4 rings (SSSR count). The molecule has 5 heteroatoms. The smallest absolute Gasteiger partial charge is 0.336 e. The van der Waals surface area contributed by atoms with Gasteiger partial charge in [0, 0.05) is 31.1 Å². The molecule has 1 fully saturated rings. The van der Waals surface area contributed by atoms with Gasteiger partial charge in [0.15, 0.2) is 0 Å². The fourth-order valence-electron chi connectivity index (χ4n) is 3.79. The molecule has 1 aromatic heterocycles. The van der Waals surface area contributed by atoms with Gasteiger partial charge in [-0.3, -0.25) is 4.90 Å². The van der Waals surface area contributed by atoms with E-state index in [0.717, 1.165) is 37.2 Å². The summed E-state index contributed by atoms with van der Waals surface area (Å²) in [4.78, 5) is 18.3. The number of thiazole rings is 1. The normalized spacial score (nSPS) is 17.3. The fraction of sp³-hybridized carbons (Fsp3) is 0.273. The van der Waals surface area contributed by atoms with Crippen LogP contribution in [0.4, 0.5) is 0 Å². The van der Waals surface area contributed by atoms with Crippen molar-refractivity contribution in [1.29, 1.82) is 0 Å². The van der Waals surface area contributed by atoms with Crippen LogP contribution in [0.2, 0.25) is 0 Å². The molecule has 2 aromatic carbocycles. The highest BCUT2D eigenvalue weighted by Crippen LogP contribution is 2.26. The van der Waals surface area contributed by atoms with Crippen molar-refractivity contribution < 1.29 is 9.90 Å². The molecule has 1 aliphatic heterocycles. The Balaban J connectivity index is 1.40. The number of hydrogen-bond donors (Lipinski definition) is 1. The molecule has 0 radical (unpaired) electrons. The van der Waals surface area contributed by atoms with E-state index in [1.165, 1.54) is 17.0 Å². The zero-order valence-electron chi connectivity index (χ0n) is 15.0. The van der Waals surface area contributed by atoms with Crippen molar-refractivity contribution in [3.8, 4) is 11.1 Å². The maximum Gasteiger partial charge on any atom is 0.336 e. The first-order valence-corrected chi connectivity index (χ1v) is 10.1. The first kappa shape index (κ1) is 17.9. The van der Waals surface area contributed by atoms with E-state index in [2.05, 4.69) is 22.0 Å². The van der Waals surface area contributed by atoms with Crippen LogP contribution in [0, 0.1) is 5.92 Å². The van der Waals surface area contributed by atoms with Crippen molar-refractivity contribution in [2.45, 2.75) is 19.4 Å². The second kappa shape index (κ2) is 8.03. The van der Waals surface area contributed by atoms with Gasteiger partial charge in [0.25, 0.3) is 0 Å². The Labute approximate surface area is 163 Å². The average molecular weight is 378 g/mol. The number of carboxylic acid groups (broad SMARTS) is 1. The highest BCUT2D eigenvalue weighted by Gasteiger charge is 2.23. The number of hydrogen-bond acceptors (Lipinski definition) is 4. The quantitative estimate of drug-likeness (QED) is 0.682. The molecule has 1 aliphatic rings. The van der Waals surface area contributed by atoms with Crippen molar-refractivity contribution in [3.05, 3.63) is 76.2 Å². The molecule has 1 N–H and O–H groups in total. The lowest BCUT2D eigenvalue weighted by Crippen LogP contribution is -2.20. The first-order chi connectivity index (χ1) is 13.2. The topological polar surface area (TPSA) is 53.4 Å². The van der Waals surface area contributed by atoms with E-state index >= 15 is 0 Å². The summed E-state index contributed by atoms with van der Waals surface area (Å²) >= 11 is 1.75. The summed E-state index contributed by atoms with van der Waals surface area (Å²) in [5, 5.41) is 12.7. The van der Waals surface area contributed by atoms with Gasteiger partial charge in [0.1, 0.15) is 0 Å². The molecule has 0 amide bonds. The lowest BCUT2D eigenvalue weighted by Gasteiger charge is -2.16. The van der Waals surface area contributed by atoms with E-state index in [1.54, 1.807) is 23.5 Å². The zero-order chi connectivity index (χ0) is 18.6. The van der Waals surface area contributed by atoms with Gasteiger partial charge in [0.2, 0.25) is 0 Å². The van der Waals surface area contributed by atoms with Crippen molar-refractivity contribution in [2.75, 3.05) is 13.1 Å². The molecular weight excluding hydrogens is 356 g/mol. The van der Waals surface area contributed by atoms with Crippen molar-refractivity contribution >= 4 is 17.3 Å². The van der Waals surface area contributed by atoms with Gasteiger partial charge >= 0.3 is 5.97 Å². The number of benzene rings is 2. The lowest BCUT2D eigenvalue weighted by atomic mass is 9.98. The van der Waals surface area contributed by atoms with E-state index in [1.807, 2.05) is 35.8 Å². The molecule has 1 atom stereocenters. The van der Waals surface area contributed by atoms with Crippen LogP contribution < -0.4 is 0 Å². The lowest BCUT2D eigenvalue weighted by molar-refractivity contribution is 0.0697. The average Bonchev–Trinajstić information content (AvgIpc) is 3.35. The van der Waals surface area contributed by atoms with Crippen LogP contribution in [0.25, 0.3) is 11.1 Å². The summed E-state index contributed by atoms with van der Waals surface area (Å²) in [5.41, 5.74) is 3.32. The van der Waals surface area contributed by atoms with Gasteiger partial charge in [-0.2, -0.15) is 0 Å².